The summed E-state index contributed by atoms with van der Waals surface area (Å²) in [6.07, 6.45) is 1.77. The van der Waals surface area contributed by atoms with Crippen molar-refractivity contribution in [2.45, 2.75) is 18.7 Å². The Morgan fingerprint density at radius 1 is 0.906 bits per heavy atom. The number of hydrogen-bond donors (Lipinski definition) is 1. The summed E-state index contributed by atoms with van der Waals surface area (Å²) < 4.78 is 28.0. The van der Waals surface area contributed by atoms with Crippen LogP contribution in [-0.4, -0.2) is 50.4 Å². The lowest BCUT2D eigenvalue weighted by Gasteiger charge is -2.35. The molecule has 1 aliphatic heterocycles. The van der Waals surface area contributed by atoms with Crippen molar-refractivity contribution in [2.75, 3.05) is 35.8 Å². The minimum Gasteiger partial charge on any atom is -0.353 e. The summed E-state index contributed by atoms with van der Waals surface area (Å²) in [7, 11) is -3.70. The number of nitrogens with one attached hydrogen (secondary N) is 1. The lowest BCUT2D eigenvalue weighted by Crippen LogP contribution is -2.49. The van der Waals surface area contributed by atoms with Gasteiger partial charge in [0.15, 0.2) is 0 Å². The Morgan fingerprint density at radius 2 is 1.62 bits per heavy atom. The van der Waals surface area contributed by atoms with Crippen LogP contribution in [-0.2, 0) is 10.0 Å². The molecule has 8 heteroatoms. The standard InChI is InChI=1S/C24H26N4O3S/c1-18-6-11-22(17-19(18)2)32(30,31)26-21-9-7-20(8-10-21)24(29)28-15-13-27(14-16-28)23-5-3-4-12-25-23/h3-12,17,26H,13-16H2,1-2H3. The van der Waals surface area contributed by atoms with Gasteiger partial charge < -0.3 is 9.80 Å². The molecule has 1 aromatic heterocycles. The van der Waals surface area contributed by atoms with Gasteiger partial charge in [-0.2, -0.15) is 0 Å². The van der Waals surface area contributed by atoms with Crippen molar-refractivity contribution in [3.63, 3.8) is 0 Å². The Bertz CT molecular complexity index is 1200. The number of sulfonamides is 1. The van der Waals surface area contributed by atoms with Gasteiger partial charge in [0.05, 0.1) is 4.90 Å². The average Bonchev–Trinajstić information content (AvgIpc) is 2.81. The summed E-state index contributed by atoms with van der Waals surface area (Å²) in [6.45, 7) is 6.47. The number of anilines is 2. The van der Waals surface area contributed by atoms with E-state index in [0.717, 1.165) is 30.0 Å². The van der Waals surface area contributed by atoms with E-state index in [0.29, 0.717) is 24.3 Å². The van der Waals surface area contributed by atoms with Crippen LogP contribution in [0.2, 0.25) is 0 Å². The third-order valence-electron chi connectivity index (χ3n) is 5.71. The maximum absolute atomic E-state index is 12.9. The lowest BCUT2D eigenvalue weighted by molar-refractivity contribution is 0.0746. The molecule has 1 fully saturated rings. The SMILES string of the molecule is Cc1ccc(S(=O)(=O)Nc2ccc(C(=O)N3CCN(c4ccccn4)CC3)cc2)cc1C. The molecule has 0 radical (unpaired) electrons. The largest absolute Gasteiger partial charge is 0.353 e. The lowest BCUT2D eigenvalue weighted by atomic mass is 10.1. The second kappa shape index (κ2) is 9.00. The third-order valence-corrected chi connectivity index (χ3v) is 7.09. The maximum Gasteiger partial charge on any atom is 0.261 e. The summed E-state index contributed by atoms with van der Waals surface area (Å²) in [4.78, 5) is 21.4. The van der Waals surface area contributed by atoms with E-state index >= 15 is 0 Å². The summed E-state index contributed by atoms with van der Waals surface area (Å²) in [5.41, 5.74) is 2.90. The molecule has 0 unspecified atom stereocenters. The van der Waals surface area contributed by atoms with Crippen LogP contribution in [0.1, 0.15) is 21.5 Å². The number of carbonyl (C=O) groups excluding carboxylic acids is 1. The molecule has 1 aliphatic rings. The number of nitrogens with zero attached hydrogens (tertiary/aromatic N) is 3. The van der Waals surface area contributed by atoms with Crippen molar-refractivity contribution in [2.24, 2.45) is 0 Å². The highest BCUT2D eigenvalue weighted by Gasteiger charge is 2.23. The van der Waals surface area contributed by atoms with E-state index in [9.17, 15) is 13.2 Å². The number of hydrogen-bond acceptors (Lipinski definition) is 5. The van der Waals surface area contributed by atoms with Crippen molar-refractivity contribution in [3.05, 3.63) is 83.6 Å². The average molecular weight is 451 g/mol. The monoisotopic (exact) mass is 450 g/mol. The van der Waals surface area contributed by atoms with Gasteiger partial charge in [0.2, 0.25) is 0 Å². The molecule has 0 atom stereocenters. The summed E-state index contributed by atoms with van der Waals surface area (Å²) in [6, 6.07) is 17.4. The summed E-state index contributed by atoms with van der Waals surface area (Å²) in [5, 5.41) is 0. The smallest absolute Gasteiger partial charge is 0.261 e. The molecule has 166 valence electrons. The van der Waals surface area contributed by atoms with Crippen LogP contribution < -0.4 is 9.62 Å². The van der Waals surface area contributed by atoms with Crippen molar-refractivity contribution in [1.82, 2.24) is 9.88 Å². The first-order chi connectivity index (χ1) is 15.3. The highest BCUT2D eigenvalue weighted by Crippen LogP contribution is 2.20. The Kier molecular flexibility index (Phi) is 6.14. The Morgan fingerprint density at radius 3 is 2.25 bits per heavy atom. The molecule has 0 spiro atoms. The molecule has 1 saturated heterocycles. The molecular weight excluding hydrogens is 424 g/mol. The van der Waals surface area contributed by atoms with E-state index in [4.69, 9.17) is 0 Å². The van der Waals surface area contributed by atoms with Crippen LogP contribution >= 0.6 is 0 Å². The molecule has 7 nitrogen and oxygen atoms in total. The molecule has 0 aliphatic carbocycles. The zero-order chi connectivity index (χ0) is 22.7. The number of aryl methyl sites for hydroxylation is 2. The quantitative estimate of drug-likeness (QED) is 0.644. The third kappa shape index (κ3) is 4.75. The predicted molar refractivity (Wildman–Crippen MR) is 126 cm³/mol. The summed E-state index contributed by atoms with van der Waals surface area (Å²) in [5.74, 6) is 0.856. The number of benzene rings is 2. The van der Waals surface area contributed by atoms with Crippen molar-refractivity contribution < 1.29 is 13.2 Å². The van der Waals surface area contributed by atoms with E-state index < -0.39 is 10.0 Å². The molecule has 2 aromatic carbocycles. The van der Waals surface area contributed by atoms with E-state index in [1.807, 2.05) is 36.9 Å². The minimum absolute atomic E-state index is 0.0609. The van der Waals surface area contributed by atoms with Gasteiger partial charge in [0, 0.05) is 43.6 Å². The highest BCUT2D eigenvalue weighted by molar-refractivity contribution is 7.92. The maximum atomic E-state index is 12.9. The van der Waals surface area contributed by atoms with E-state index in [1.165, 1.54) is 0 Å². The van der Waals surface area contributed by atoms with Crippen LogP contribution in [0, 0.1) is 13.8 Å². The normalized spacial score (nSPS) is 14.3. The second-order valence-electron chi connectivity index (χ2n) is 7.90. The number of aromatic nitrogens is 1. The molecule has 4 rings (SSSR count). The van der Waals surface area contributed by atoms with Crippen LogP contribution in [0.3, 0.4) is 0 Å². The van der Waals surface area contributed by atoms with E-state index in [2.05, 4.69) is 14.6 Å². The Hall–Kier alpha value is -3.39. The zero-order valence-electron chi connectivity index (χ0n) is 18.2. The van der Waals surface area contributed by atoms with Crippen LogP contribution in [0.4, 0.5) is 11.5 Å². The first kappa shape index (κ1) is 21.8. The Balaban J connectivity index is 1.39. The van der Waals surface area contributed by atoms with Gasteiger partial charge in [-0.3, -0.25) is 9.52 Å². The van der Waals surface area contributed by atoms with Crippen molar-refractivity contribution in [3.8, 4) is 0 Å². The molecular formula is C24H26N4O3S. The van der Waals surface area contributed by atoms with Gasteiger partial charge in [-0.15, -0.1) is 0 Å². The van der Waals surface area contributed by atoms with Gasteiger partial charge in [0.1, 0.15) is 5.82 Å². The highest BCUT2D eigenvalue weighted by atomic mass is 32.2. The van der Waals surface area contributed by atoms with Gasteiger partial charge in [-0.1, -0.05) is 12.1 Å². The molecule has 3 aromatic rings. The minimum atomic E-state index is -3.70. The molecule has 32 heavy (non-hydrogen) atoms. The number of amides is 1. The van der Waals surface area contributed by atoms with E-state index in [-0.39, 0.29) is 10.8 Å². The van der Waals surface area contributed by atoms with Gasteiger partial charge in [0.25, 0.3) is 15.9 Å². The number of carbonyl (C=O) groups is 1. The van der Waals surface area contributed by atoms with Gasteiger partial charge in [-0.05, 0) is 73.5 Å². The van der Waals surface area contributed by atoms with Gasteiger partial charge >= 0.3 is 0 Å². The first-order valence-electron chi connectivity index (χ1n) is 10.5. The van der Waals surface area contributed by atoms with E-state index in [1.54, 1.807) is 48.7 Å². The number of pyridine rings is 1. The summed E-state index contributed by atoms with van der Waals surface area (Å²) >= 11 is 0. The van der Waals surface area contributed by atoms with Crippen molar-refractivity contribution in [1.29, 1.82) is 0 Å². The Labute approximate surface area is 188 Å². The van der Waals surface area contributed by atoms with Crippen LogP contribution in [0.25, 0.3) is 0 Å². The van der Waals surface area contributed by atoms with Crippen LogP contribution in [0.5, 0.6) is 0 Å². The second-order valence-corrected chi connectivity index (χ2v) is 9.58. The number of piperazine rings is 1. The number of rotatable bonds is 5. The van der Waals surface area contributed by atoms with Crippen LogP contribution in [0.15, 0.2) is 71.8 Å². The molecule has 1 N–H and O–H groups in total. The molecule has 1 amide bonds. The fourth-order valence-electron chi connectivity index (χ4n) is 3.64. The molecule has 0 saturated carbocycles. The molecule has 2 heterocycles. The molecule has 0 bridgehead atoms. The topological polar surface area (TPSA) is 82.6 Å². The fourth-order valence-corrected chi connectivity index (χ4v) is 4.78. The first-order valence-corrected chi connectivity index (χ1v) is 12.0. The zero-order valence-corrected chi connectivity index (χ0v) is 19.0. The van der Waals surface area contributed by atoms with Gasteiger partial charge in [-0.25, -0.2) is 13.4 Å². The van der Waals surface area contributed by atoms with Crippen molar-refractivity contribution >= 4 is 27.4 Å². The predicted octanol–water partition coefficient (Wildman–Crippen LogP) is 3.46. The fraction of sp³-hybridized carbons (Fsp3) is 0.250.